The van der Waals surface area contributed by atoms with Crippen LogP contribution in [0.3, 0.4) is 0 Å². The quantitative estimate of drug-likeness (QED) is 0.798. The van der Waals surface area contributed by atoms with Gasteiger partial charge in [-0.15, -0.1) is 0 Å². The Bertz CT molecular complexity index is 739. The van der Waals surface area contributed by atoms with Gasteiger partial charge in [0.15, 0.2) is 0 Å². The number of aromatic nitrogens is 1. The zero-order valence-corrected chi connectivity index (χ0v) is 13.6. The van der Waals surface area contributed by atoms with Gasteiger partial charge in [0, 0.05) is 16.8 Å². The fourth-order valence-electron chi connectivity index (χ4n) is 1.76. The van der Waals surface area contributed by atoms with E-state index in [-0.39, 0.29) is 22.2 Å². The van der Waals surface area contributed by atoms with Crippen molar-refractivity contribution in [1.29, 1.82) is 0 Å². The molecular formula is C15H12ClN2O4S-. The van der Waals surface area contributed by atoms with Crippen LogP contribution in [-0.4, -0.2) is 29.7 Å². The Balaban J connectivity index is 2.04. The van der Waals surface area contributed by atoms with Crippen molar-refractivity contribution in [2.75, 3.05) is 18.2 Å². The number of ether oxygens (including phenoxy) is 1. The van der Waals surface area contributed by atoms with E-state index in [0.717, 1.165) is 11.8 Å². The van der Waals surface area contributed by atoms with Crippen molar-refractivity contribution in [3.8, 4) is 5.75 Å². The summed E-state index contributed by atoms with van der Waals surface area (Å²) in [5, 5.41) is 14.3. The molecule has 8 heteroatoms. The molecule has 0 bridgehead atoms. The second kappa shape index (κ2) is 7.85. The first-order valence-electron chi connectivity index (χ1n) is 6.44. The molecule has 2 aromatic rings. The van der Waals surface area contributed by atoms with Crippen molar-refractivity contribution in [2.24, 2.45) is 0 Å². The summed E-state index contributed by atoms with van der Waals surface area (Å²) in [4.78, 5) is 27.0. The number of thioether (sulfide) groups is 1. The number of halogens is 1. The summed E-state index contributed by atoms with van der Waals surface area (Å²) < 4.78 is 5.14. The van der Waals surface area contributed by atoms with Crippen molar-refractivity contribution >= 4 is 40.9 Å². The van der Waals surface area contributed by atoms with Gasteiger partial charge in [0.1, 0.15) is 10.8 Å². The lowest BCUT2D eigenvalue weighted by Gasteiger charge is -2.11. The van der Waals surface area contributed by atoms with Gasteiger partial charge in [-0.2, -0.15) is 0 Å². The van der Waals surface area contributed by atoms with Crippen molar-refractivity contribution in [2.45, 2.75) is 5.03 Å². The molecule has 0 aliphatic carbocycles. The minimum absolute atomic E-state index is 0.0209. The van der Waals surface area contributed by atoms with E-state index in [1.807, 2.05) is 0 Å². The number of methoxy groups -OCH3 is 1. The fraction of sp³-hybridized carbons (Fsp3) is 0.133. The molecule has 0 radical (unpaired) electrons. The van der Waals surface area contributed by atoms with Crippen LogP contribution in [0.5, 0.6) is 5.75 Å². The highest BCUT2D eigenvalue weighted by molar-refractivity contribution is 8.00. The Kier molecular flexibility index (Phi) is 5.84. The second-order valence-electron chi connectivity index (χ2n) is 4.33. The molecule has 1 N–H and O–H groups in total. The van der Waals surface area contributed by atoms with Crippen LogP contribution in [0, 0.1) is 0 Å². The van der Waals surface area contributed by atoms with E-state index in [1.54, 1.807) is 18.2 Å². The SMILES string of the molecule is COc1ccc(Cl)cc1NC(=O)CSc1ncccc1C(=O)[O-]. The number of carbonyl (C=O) groups is 2. The number of pyridine rings is 1. The first kappa shape index (κ1) is 17.1. The predicted molar refractivity (Wildman–Crippen MR) is 85.9 cm³/mol. The standard InChI is InChI=1S/C15H13ClN2O4S/c1-22-12-5-4-9(16)7-11(12)18-13(19)8-23-14-10(15(20)21)3-2-6-17-14/h2-7H,8H2,1H3,(H,18,19)(H,20,21)/p-1. The van der Waals surface area contributed by atoms with Crippen LogP contribution >= 0.6 is 23.4 Å². The van der Waals surface area contributed by atoms with Gasteiger partial charge in [-0.05, 0) is 30.3 Å². The van der Waals surface area contributed by atoms with Gasteiger partial charge in [-0.3, -0.25) is 4.79 Å². The maximum absolute atomic E-state index is 12.0. The number of amides is 1. The minimum Gasteiger partial charge on any atom is -0.545 e. The van der Waals surface area contributed by atoms with Gasteiger partial charge in [-0.1, -0.05) is 23.4 Å². The summed E-state index contributed by atoms with van der Waals surface area (Å²) in [7, 11) is 1.48. The molecule has 1 aromatic carbocycles. The van der Waals surface area contributed by atoms with E-state index in [4.69, 9.17) is 16.3 Å². The van der Waals surface area contributed by atoms with Crippen LogP contribution in [0.1, 0.15) is 10.4 Å². The normalized spacial score (nSPS) is 10.2. The highest BCUT2D eigenvalue weighted by atomic mass is 35.5. The molecule has 0 fully saturated rings. The van der Waals surface area contributed by atoms with Crippen LogP contribution < -0.4 is 15.2 Å². The van der Waals surface area contributed by atoms with Crippen molar-refractivity contribution in [3.63, 3.8) is 0 Å². The topological polar surface area (TPSA) is 91.3 Å². The summed E-state index contributed by atoms with van der Waals surface area (Å²) in [6.07, 6.45) is 1.45. The first-order chi connectivity index (χ1) is 11.0. The van der Waals surface area contributed by atoms with Crippen LogP contribution in [0.15, 0.2) is 41.6 Å². The van der Waals surface area contributed by atoms with E-state index in [1.165, 1.54) is 25.4 Å². The van der Waals surface area contributed by atoms with Crippen LogP contribution in [0.25, 0.3) is 0 Å². The van der Waals surface area contributed by atoms with Crippen molar-refractivity contribution in [3.05, 3.63) is 47.1 Å². The van der Waals surface area contributed by atoms with Gasteiger partial charge < -0.3 is 20.0 Å². The lowest BCUT2D eigenvalue weighted by atomic mass is 10.3. The molecule has 1 heterocycles. The number of rotatable bonds is 6. The van der Waals surface area contributed by atoms with Crippen LogP contribution in [-0.2, 0) is 4.79 Å². The number of carboxylic acid groups (broad SMARTS) is 1. The minimum atomic E-state index is -1.34. The van der Waals surface area contributed by atoms with Crippen molar-refractivity contribution < 1.29 is 19.4 Å². The average Bonchev–Trinajstić information content (AvgIpc) is 2.53. The summed E-state index contributed by atoms with van der Waals surface area (Å²) >= 11 is 6.89. The Labute approximate surface area is 141 Å². The number of carboxylic acids is 1. The number of nitrogens with one attached hydrogen (secondary N) is 1. The Hall–Kier alpha value is -2.25. The van der Waals surface area contributed by atoms with Crippen LogP contribution in [0.2, 0.25) is 5.02 Å². The highest BCUT2D eigenvalue weighted by Crippen LogP contribution is 2.28. The lowest BCUT2D eigenvalue weighted by Crippen LogP contribution is -2.23. The van der Waals surface area contributed by atoms with Gasteiger partial charge in [0.05, 0.1) is 24.5 Å². The zero-order valence-electron chi connectivity index (χ0n) is 12.0. The van der Waals surface area contributed by atoms with Gasteiger partial charge >= 0.3 is 0 Å². The third kappa shape index (κ3) is 4.61. The first-order valence-corrected chi connectivity index (χ1v) is 7.80. The van der Waals surface area contributed by atoms with E-state index < -0.39 is 5.97 Å². The third-order valence-electron chi connectivity index (χ3n) is 2.77. The summed E-state index contributed by atoms with van der Waals surface area (Å²) in [6, 6.07) is 7.72. The maximum atomic E-state index is 12.0. The second-order valence-corrected chi connectivity index (χ2v) is 5.73. The zero-order chi connectivity index (χ0) is 16.8. The third-order valence-corrected chi connectivity index (χ3v) is 4.01. The Morgan fingerprint density at radius 1 is 1.39 bits per heavy atom. The number of benzene rings is 1. The van der Waals surface area contributed by atoms with E-state index in [2.05, 4.69) is 10.3 Å². The average molecular weight is 352 g/mol. The molecule has 2 rings (SSSR count). The fourth-order valence-corrected chi connectivity index (χ4v) is 2.71. The molecular weight excluding hydrogens is 340 g/mol. The monoisotopic (exact) mass is 351 g/mol. The highest BCUT2D eigenvalue weighted by Gasteiger charge is 2.11. The molecule has 1 aromatic heterocycles. The van der Waals surface area contributed by atoms with Gasteiger partial charge in [-0.25, -0.2) is 4.98 Å². The largest absolute Gasteiger partial charge is 0.545 e. The number of aromatic carboxylic acids is 1. The molecule has 0 spiro atoms. The van der Waals surface area contributed by atoms with Crippen LogP contribution in [0.4, 0.5) is 5.69 Å². The molecule has 6 nitrogen and oxygen atoms in total. The molecule has 0 aliphatic heterocycles. The smallest absolute Gasteiger partial charge is 0.234 e. The summed E-state index contributed by atoms with van der Waals surface area (Å²) in [6.45, 7) is 0. The molecule has 0 unspecified atom stereocenters. The van der Waals surface area contributed by atoms with E-state index in [0.29, 0.717) is 16.5 Å². The van der Waals surface area contributed by atoms with Gasteiger partial charge in [0.2, 0.25) is 5.91 Å². The van der Waals surface area contributed by atoms with E-state index in [9.17, 15) is 14.7 Å². The summed E-state index contributed by atoms with van der Waals surface area (Å²) in [5.41, 5.74) is 0.386. The number of hydrogen-bond acceptors (Lipinski definition) is 6. The summed E-state index contributed by atoms with van der Waals surface area (Å²) in [5.74, 6) is -1.23. The maximum Gasteiger partial charge on any atom is 0.234 e. The predicted octanol–water partition coefficient (Wildman–Crippen LogP) is 1.84. The molecule has 1 amide bonds. The number of hydrogen-bond donors (Lipinski definition) is 1. The van der Waals surface area contributed by atoms with Crippen molar-refractivity contribution in [1.82, 2.24) is 4.98 Å². The molecule has 120 valence electrons. The number of carbonyl (C=O) groups excluding carboxylic acids is 2. The molecule has 0 saturated heterocycles. The Morgan fingerprint density at radius 2 is 2.17 bits per heavy atom. The number of anilines is 1. The number of nitrogens with zero attached hydrogens (tertiary/aromatic N) is 1. The van der Waals surface area contributed by atoms with E-state index >= 15 is 0 Å². The lowest BCUT2D eigenvalue weighted by molar-refractivity contribution is -0.255. The molecule has 23 heavy (non-hydrogen) atoms. The molecule has 0 aliphatic rings. The Morgan fingerprint density at radius 3 is 2.87 bits per heavy atom. The van der Waals surface area contributed by atoms with Gasteiger partial charge in [0.25, 0.3) is 0 Å². The molecule has 0 atom stereocenters. The molecule has 0 saturated carbocycles.